The van der Waals surface area contributed by atoms with Crippen molar-refractivity contribution in [3.63, 3.8) is 0 Å². The zero-order valence-electron chi connectivity index (χ0n) is 28.8. The molecular formula is C36H54N4O6. The second-order valence-electron chi connectivity index (χ2n) is 14.0. The number of aryl methyl sites for hydroxylation is 4. The number of amides is 2. The van der Waals surface area contributed by atoms with Gasteiger partial charge in [0.2, 0.25) is 0 Å². The van der Waals surface area contributed by atoms with Gasteiger partial charge in [0.15, 0.2) is 0 Å². The number of unbranched alkanes of at least 4 members (excludes halogenated alkanes) is 4. The summed E-state index contributed by atoms with van der Waals surface area (Å²) >= 11 is 0. The van der Waals surface area contributed by atoms with Crippen molar-refractivity contribution in [2.75, 3.05) is 29.5 Å². The second-order valence-corrected chi connectivity index (χ2v) is 14.0. The Bertz CT molecular complexity index is 1300. The zero-order valence-corrected chi connectivity index (χ0v) is 28.8. The Hall–Kier alpha value is -3.53. The summed E-state index contributed by atoms with van der Waals surface area (Å²) in [6.07, 6.45) is 11.0. The van der Waals surface area contributed by atoms with Gasteiger partial charge in [-0.3, -0.25) is 9.80 Å². The smallest absolute Gasteiger partial charge is 0.416 e. The third-order valence-electron chi connectivity index (χ3n) is 7.52. The van der Waals surface area contributed by atoms with Crippen molar-refractivity contribution >= 4 is 30.1 Å². The van der Waals surface area contributed by atoms with Gasteiger partial charge in [-0.05, 0) is 129 Å². The third kappa shape index (κ3) is 12.0. The Labute approximate surface area is 274 Å². The first-order valence-corrected chi connectivity index (χ1v) is 16.8. The Balaban J connectivity index is 0.000000250. The van der Waals surface area contributed by atoms with Crippen LogP contribution in [0.4, 0.5) is 21.2 Å². The van der Waals surface area contributed by atoms with Gasteiger partial charge in [-0.1, -0.05) is 18.6 Å². The van der Waals surface area contributed by atoms with Crippen LogP contribution in [0.5, 0.6) is 0 Å². The van der Waals surface area contributed by atoms with E-state index < -0.39 is 11.2 Å². The van der Waals surface area contributed by atoms with Gasteiger partial charge in [-0.25, -0.2) is 19.6 Å². The molecule has 0 unspecified atom stereocenters. The molecule has 0 radical (unpaired) electrons. The van der Waals surface area contributed by atoms with Gasteiger partial charge >= 0.3 is 12.2 Å². The number of ether oxygens (including phenoxy) is 2. The number of hydrogen-bond donors (Lipinski definition) is 1. The summed E-state index contributed by atoms with van der Waals surface area (Å²) < 4.78 is 11.0. The highest BCUT2D eigenvalue weighted by Gasteiger charge is 2.30. The number of nitrogens with zero attached hydrogens (tertiary/aromatic N) is 4. The predicted octanol–water partition coefficient (Wildman–Crippen LogP) is 7.16. The van der Waals surface area contributed by atoms with E-state index in [0.29, 0.717) is 19.5 Å². The average molecular weight is 639 g/mol. The number of aliphatic hydroxyl groups excluding tert-OH is 1. The topological polar surface area (TPSA) is 122 Å². The van der Waals surface area contributed by atoms with E-state index in [0.717, 1.165) is 111 Å². The third-order valence-corrected chi connectivity index (χ3v) is 7.52. The van der Waals surface area contributed by atoms with Crippen molar-refractivity contribution in [3.05, 3.63) is 46.8 Å². The molecule has 0 spiro atoms. The summed E-state index contributed by atoms with van der Waals surface area (Å²) in [6, 6.07) is 8.23. The molecule has 0 aliphatic carbocycles. The SMILES string of the molecule is CC(C)(C)OC(=O)N1CCCc2ccc(CCCCC=O)nc21.CC(C)(C)OC(=O)N1CCCc2ccc(CCCCCO)nc21. The molecule has 4 rings (SSSR count). The molecule has 4 heterocycles. The molecule has 2 aliphatic heterocycles. The Morgan fingerprint density at radius 1 is 0.739 bits per heavy atom. The quantitative estimate of drug-likeness (QED) is 0.215. The summed E-state index contributed by atoms with van der Waals surface area (Å²) in [5.41, 5.74) is 3.15. The number of fused-ring (bicyclic) bond motifs is 2. The van der Waals surface area contributed by atoms with E-state index >= 15 is 0 Å². The molecule has 2 amide bonds. The summed E-state index contributed by atoms with van der Waals surface area (Å²) in [4.78, 5) is 47.9. The Morgan fingerprint density at radius 3 is 1.61 bits per heavy atom. The molecule has 0 fully saturated rings. The van der Waals surface area contributed by atoms with Crippen LogP contribution in [0.3, 0.4) is 0 Å². The summed E-state index contributed by atoms with van der Waals surface area (Å²) in [5.74, 6) is 1.49. The minimum Gasteiger partial charge on any atom is -0.443 e. The van der Waals surface area contributed by atoms with E-state index in [4.69, 9.17) is 19.6 Å². The largest absolute Gasteiger partial charge is 0.443 e. The van der Waals surface area contributed by atoms with E-state index in [2.05, 4.69) is 23.2 Å². The lowest BCUT2D eigenvalue weighted by atomic mass is 10.0. The van der Waals surface area contributed by atoms with Crippen LogP contribution >= 0.6 is 0 Å². The van der Waals surface area contributed by atoms with Gasteiger partial charge < -0.3 is 19.4 Å². The normalized spacial score (nSPS) is 14.4. The zero-order chi connectivity index (χ0) is 33.7. The molecule has 1 N–H and O–H groups in total. The molecule has 0 atom stereocenters. The van der Waals surface area contributed by atoms with Crippen molar-refractivity contribution in [2.45, 2.75) is 130 Å². The van der Waals surface area contributed by atoms with Gasteiger partial charge in [-0.15, -0.1) is 0 Å². The van der Waals surface area contributed by atoms with Gasteiger partial charge in [0.25, 0.3) is 0 Å². The lowest BCUT2D eigenvalue weighted by Gasteiger charge is -2.31. The molecule has 0 saturated heterocycles. The lowest BCUT2D eigenvalue weighted by molar-refractivity contribution is -0.107. The van der Waals surface area contributed by atoms with Crippen LogP contribution in [0.25, 0.3) is 0 Å². The van der Waals surface area contributed by atoms with Gasteiger partial charge in [0.05, 0.1) is 0 Å². The average Bonchev–Trinajstić information content (AvgIpc) is 2.99. The van der Waals surface area contributed by atoms with Crippen molar-refractivity contribution < 1.29 is 29.0 Å². The Kier molecular flexibility index (Phi) is 14.0. The summed E-state index contributed by atoms with van der Waals surface area (Å²) in [7, 11) is 0. The van der Waals surface area contributed by atoms with Crippen molar-refractivity contribution in [1.29, 1.82) is 0 Å². The summed E-state index contributed by atoms with van der Waals surface area (Å²) in [5, 5.41) is 8.84. The maximum Gasteiger partial charge on any atom is 0.416 e. The van der Waals surface area contributed by atoms with Crippen LogP contribution in [0.15, 0.2) is 24.3 Å². The number of hydrogen-bond acceptors (Lipinski definition) is 8. The number of aldehydes is 1. The van der Waals surface area contributed by atoms with E-state index in [9.17, 15) is 14.4 Å². The predicted molar refractivity (Wildman–Crippen MR) is 181 cm³/mol. The van der Waals surface area contributed by atoms with Crippen molar-refractivity contribution in [3.8, 4) is 0 Å². The molecule has 0 bridgehead atoms. The highest BCUT2D eigenvalue weighted by Crippen LogP contribution is 2.29. The first-order chi connectivity index (χ1) is 21.8. The number of aliphatic hydroxyl groups is 1. The fourth-order valence-electron chi connectivity index (χ4n) is 5.35. The minimum atomic E-state index is -0.513. The second kappa shape index (κ2) is 17.4. The molecular weight excluding hydrogens is 584 g/mol. The van der Waals surface area contributed by atoms with E-state index in [1.54, 1.807) is 9.80 Å². The number of pyridine rings is 2. The molecule has 2 aliphatic rings. The van der Waals surface area contributed by atoms with E-state index in [1.807, 2.05) is 47.6 Å². The van der Waals surface area contributed by atoms with Crippen molar-refractivity contribution in [1.82, 2.24) is 9.97 Å². The lowest BCUT2D eigenvalue weighted by Crippen LogP contribution is -2.40. The molecule has 2 aromatic heterocycles. The Morgan fingerprint density at radius 2 is 1.20 bits per heavy atom. The number of rotatable bonds is 10. The maximum atomic E-state index is 12.4. The first kappa shape index (κ1) is 36.9. The molecule has 2 aromatic rings. The summed E-state index contributed by atoms with van der Waals surface area (Å²) in [6.45, 7) is 12.8. The highest BCUT2D eigenvalue weighted by atomic mass is 16.6. The van der Waals surface area contributed by atoms with Gasteiger partial charge in [-0.2, -0.15) is 0 Å². The highest BCUT2D eigenvalue weighted by molar-refractivity contribution is 5.88. The van der Waals surface area contributed by atoms with Crippen molar-refractivity contribution in [2.24, 2.45) is 0 Å². The first-order valence-electron chi connectivity index (χ1n) is 16.8. The minimum absolute atomic E-state index is 0.240. The van der Waals surface area contributed by atoms with E-state index in [1.165, 1.54) is 0 Å². The molecule has 254 valence electrons. The van der Waals surface area contributed by atoms with Crippen LogP contribution in [0.2, 0.25) is 0 Å². The van der Waals surface area contributed by atoms with Gasteiger partial charge in [0.1, 0.15) is 29.1 Å². The number of aromatic nitrogens is 2. The molecule has 10 nitrogen and oxygen atoms in total. The number of carbonyl (C=O) groups is 3. The van der Waals surface area contributed by atoms with Crippen LogP contribution in [0, 0.1) is 0 Å². The van der Waals surface area contributed by atoms with Crippen LogP contribution in [-0.2, 0) is 40.0 Å². The number of anilines is 2. The fraction of sp³-hybridized carbons (Fsp3) is 0.639. The molecule has 46 heavy (non-hydrogen) atoms. The maximum absolute atomic E-state index is 12.4. The van der Waals surface area contributed by atoms with Gasteiger partial charge in [0, 0.05) is 37.5 Å². The molecule has 0 aromatic carbocycles. The van der Waals surface area contributed by atoms with E-state index in [-0.39, 0.29) is 18.8 Å². The van der Waals surface area contributed by atoms with Crippen LogP contribution in [0.1, 0.15) is 115 Å². The molecule has 0 saturated carbocycles. The number of carbonyl (C=O) groups excluding carboxylic acids is 3. The van der Waals surface area contributed by atoms with Crippen LogP contribution in [-0.4, -0.2) is 64.4 Å². The molecule has 10 heteroatoms. The monoisotopic (exact) mass is 638 g/mol. The van der Waals surface area contributed by atoms with Crippen LogP contribution < -0.4 is 9.80 Å². The standard InChI is InChI=1S/C18H28N2O3.C18H26N2O3/c2*1-18(2,3)23-17(22)20-12-7-8-14-10-11-15(19-16(14)20)9-5-4-6-13-21/h10-11,21H,4-9,12-13H2,1-3H3;10-11,13H,4-9,12H2,1-3H3. The fourth-order valence-corrected chi connectivity index (χ4v) is 5.35.